The van der Waals surface area contributed by atoms with Gasteiger partial charge in [-0.05, 0) is 50.8 Å². The third-order valence-corrected chi connectivity index (χ3v) is 4.62. The molecule has 1 aliphatic heterocycles. The van der Waals surface area contributed by atoms with E-state index in [9.17, 15) is 9.18 Å². The van der Waals surface area contributed by atoms with E-state index >= 15 is 0 Å². The van der Waals surface area contributed by atoms with Crippen molar-refractivity contribution in [3.8, 4) is 0 Å². The van der Waals surface area contributed by atoms with Gasteiger partial charge in [-0.25, -0.2) is 4.39 Å². The first-order valence-electron chi connectivity index (χ1n) is 7.96. The van der Waals surface area contributed by atoms with Crippen LogP contribution in [0.2, 0.25) is 0 Å². The summed E-state index contributed by atoms with van der Waals surface area (Å²) in [4.78, 5) is 14.5. The summed E-state index contributed by atoms with van der Waals surface area (Å²) >= 11 is 0. The van der Waals surface area contributed by atoms with Crippen molar-refractivity contribution in [2.24, 2.45) is 5.92 Å². The molecule has 1 aromatic rings. The van der Waals surface area contributed by atoms with E-state index in [0.717, 1.165) is 32.0 Å². The van der Waals surface area contributed by atoms with Crippen molar-refractivity contribution in [3.63, 3.8) is 0 Å². The first-order valence-corrected chi connectivity index (χ1v) is 7.96. The van der Waals surface area contributed by atoms with Crippen LogP contribution in [0.1, 0.15) is 37.7 Å². The first-order chi connectivity index (χ1) is 10.2. The smallest absolute Gasteiger partial charge is 0.220 e. The molecule has 0 bridgehead atoms. The van der Waals surface area contributed by atoms with Crippen LogP contribution in [0, 0.1) is 11.7 Å². The molecule has 1 saturated heterocycles. The normalized spacial score (nSPS) is 20.4. The number of carbonyl (C=O) groups excluding carboxylic acids is 1. The SMILES string of the molecule is O=C(CC1CCN(C2CC2)CC1)NCc1ccccc1F. The Labute approximate surface area is 125 Å². The number of carbonyl (C=O) groups is 1. The minimum atomic E-state index is -0.254. The van der Waals surface area contributed by atoms with Crippen LogP contribution in [0.15, 0.2) is 24.3 Å². The van der Waals surface area contributed by atoms with Crippen molar-refractivity contribution in [1.29, 1.82) is 0 Å². The summed E-state index contributed by atoms with van der Waals surface area (Å²) in [5, 5.41) is 2.84. The maximum atomic E-state index is 13.5. The molecule has 1 aromatic carbocycles. The largest absolute Gasteiger partial charge is 0.352 e. The zero-order valence-electron chi connectivity index (χ0n) is 12.4. The topological polar surface area (TPSA) is 32.3 Å². The van der Waals surface area contributed by atoms with Gasteiger partial charge in [0.05, 0.1) is 0 Å². The fourth-order valence-corrected chi connectivity index (χ4v) is 3.13. The van der Waals surface area contributed by atoms with Gasteiger partial charge in [-0.2, -0.15) is 0 Å². The molecule has 1 N–H and O–H groups in total. The molecular formula is C17H23FN2O. The summed E-state index contributed by atoms with van der Waals surface area (Å²) in [6.45, 7) is 2.55. The molecule has 2 fully saturated rings. The summed E-state index contributed by atoms with van der Waals surface area (Å²) in [7, 11) is 0. The number of hydrogen-bond acceptors (Lipinski definition) is 2. The standard InChI is InChI=1S/C17H23FN2O/c18-16-4-2-1-3-14(16)12-19-17(21)11-13-7-9-20(10-8-13)15-5-6-15/h1-4,13,15H,5-12H2,(H,19,21). The minimum absolute atomic E-state index is 0.0446. The Balaban J connectivity index is 1.39. The number of amides is 1. The number of hydrogen-bond donors (Lipinski definition) is 1. The number of benzene rings is 1. The van der Waals surface area contributed by atoms with Gasteiger partial charge < -0.3 is 10.2 Å². The van der Waals surface area contributed by atoms with Crippen LogP contribution in [-0.4, -0.2) is 29.9 Å². The molecule has 1 saturated carbocycles. The molecule has 114 valence electrons. The first kappa shape index (κ1) is 14.5. The van der Waals surface area contributed by atoms with Crippen LogP contribution >= 0.6 is 0 Å². The van der Waals surface area contributed by atoms with E-state index in [1.165, 1.54) is 18.9 Å². The van der Waals surface area contributed by atoms with Gasteiger partial charge in [0.2, 0.25) is 5.91 Å². The molecule has 0 aromatic heterocycles. The molecule has 0 radical (unpaired) electrons. The lowest BCUT2D eigenvalue weighted by Gasteiger charge is -2.31. The van der Waals surface area contributed by atoms with Crippen molar-refractivity contribution in [3.05, 3.63) is 35.6 Å². The lowest BCUT2D eigenvalue weighted by molar-refractivity contribution is -0.122. The van der Waals surface area contributed by atoms with Crippen LogP contribution in [0.25, 0.3) is 0 Å². The molecule has 21 heavy (non-hydrogen) atoms. The van der Waals surface area contributed by atoms with Crippen molar-refractivity contribution in [1.82, 2.24) is 10.2 Å². The number of nitrogens with one attached hydrogen (secondary N) is 1. The van der Waals surface area contributed by atoms with E-state index in [1.54, 1.807) is 18.2 Å². The van der Waals surface area contributed by atoms with Crippen molar-refractivity contribution >= 4 is 5.91 Å². The maximum Gasteiger partial charge on any atom is 0.220 e. The van der Waals surface area contributed by atoms with Gasteiger partial charge >= 0.3 is 0 Å². The van der Waals surface area contributed by atoms with Crippen molar-refractivity contribution in [2.45, 2.75) is 44.7 Å². The van der Waals surface area contributed by atoms with E-state index < -0.39 is 0 Å². The Bertz CT molecular complexity index is 493. The quantitative estimate of drug-likeness (QED) is 0.904. The molecule has 2 aliphatic rings. The molecule has 0 spiro atoms. The van der Waals surface area contributed by atoms with Crippen LogP contribution in [-0.2, 0) is 11.3 Å². The zero-order chi connectivity index (χ0) is 14.7. The summed E-state index contributed by atoms with van der Waals surface area (Å²) in [6.07, 6.45) is 5.52. The highest BCUT2D eigenvalue weighted by Crippen LogP contribution is 2.31. The third kappa shape index (κ3) is 4.03. The highest BCUT2D eigenvalue weighted by Gasteiger charge is 2.32. The summed E-state index contributed by atoms with van der Waals surface area (Å²) in [5.74, 6) is 0.277. The van der Waals surface area contributed by atoms with Crippen LogP contribution in [0.4, 0.5) is 4.39 Å². The van der Waals surface area contributed by atoms with Crippen LogP contribution in [0.5, 0.6) is 0 Å². The second-order valence-corrected chi connectivity index (χ2v) is 6.28. The molecule has 0 atom stereocenters. The van der Waals surface area contributed by atoms with E-state index in [1.807, 2.05) is 0 Å². The highest BCUT2D eigenvalue weighted by atomic mass is 19.1. The zero-order valence-corrected chi connectivity index (χ0v) is 12.4. The second-order valence-electron chi connectivity index (χ2n) is 6.28. The molecule has 1 amide bonds. The van der Waals surface area contributed by atoms with Crippen molar-refractivity contribution in [2.75, 3.05) is 13.1 Å². The lowest BCUT2D eigenvalue weighted by atomic mass is 9.93. The average molecular weight is 290 g/mol. The van der Waals surface area contributed by atoms with E-state index in [2.05, 4.69) is 10.2 Å². The van der Waals surface area contributed by atoms with Crippen LogP contribution in [0.3, 0.4) is 0 Å². The molecular weight excluding hydrogens is 267 g/mol. The fraction of sp³-hybridized carbons (Fsp3) is 0.588. The Hall–Kier alpha value is -1.42. The number of piperidine rings is 1. The molecule has 1 heterocycles. The lowest BCUT2D eigenvalue weighted by Crippen LogP contribution is -2.37. The molecule has 1 aliphatic carbocycles. The number of rotatable bonds is 5. The molecule has 3 nitrogen and oxygen atoms in total. The van der Waals surface area contributed by atoms with E-state index in [-0.39, 0.29) is 18.3 Å². The number of likely N-dealkylation sites (tertiary alicyclic amines) is 1. The van der Waals surface area contributed by atoms with Gasteiger partial charge in [0, 0.05) is 24.6 Å². The highest BCUT2D eigenvalue weighted by molar-refractivity contribution is 5.76. The Morgan fingerprint density at radius 1 is 1.19 bits per heavy atom. The predicted molar refractivity (Wildman–Crippen MR) is 80.2 cm³/mol. The van der Waals surface area contributed by atoms with Gasteiger partial charge in [-0.3, -0.25) is 4.79 Å². The van der Waals surface area contributed by atoms with E-state index in [0.29, 0.717) is 17.9 Å². The molecule has 3 rings (SSSR count). The fourth-order valence-electron chi connectivity index (χ4n) is 3.13. The number of halogens is 1. The average Bonchev–Trinajstić information content (AvgIpc) is 3.32. The van der Waals surface area contributed by atoms with Gasteiger partial charge in [-0.15, -0.1) is 0 Å². The maximum absolute atomic E-state index is 13.5. The summed E-state index contributed by atoms with van der Waals surface area (Å²) in [5.41, 5.74) is 0.550. The van der Waals surface area contributed by atoms with Gasteiger partial charge in [0.25, 0.3) is 0 Å². The molecule has 4 heteroatoms. The van der Waals surface area contributed by atoms with Crippen molar-refractivity contribution < 1.29 is 9.18 Å². The van der Waals surface area contributed by atoms with Crippen LogP contribution < -0.4 is 5.32 Å². The number of nitrogens with zero attached hydrogens (tertiary/aromatic N) is 1. The summed E-state index contributed by atoms with van der Waals surface area (Å²) in [6, 6.07) is 7.42. The predicted octanol–water partition coefficient (Wildman–Crippen LogP) is 2.71. The van der Waals surface area contributed by atoms with E-state index in [4.69, 9.17) is 0 Å². The Morgan fingerprint density at radius 2 is 1.90 bits per heavy atom. The van der Waals surface area contributed by atoms with Gasteiger partial charge in [0.1, 0.15) is 5.82 Å². The van der Waals surface area contributed by atoms with Gasteiger partial charge in [-0.1, -0.05) is 18.2 Å². The Kier molecular flexibility index (Phi) is 4.54. The Morgan fingerprint density at radius 3 is 2.57 bits per heavy atom. The second kappa shape index (κ2) is 6.56. The summed E-state index contributed by atoms with van der Waals surface area (Å²) < 4.78 is 13.5. The molecule has 0 unspecified atom stereocenters. The monoisotopic (exact) mass is 290 g/mol. The minimum Gasteiger partial charge on any atom is -0.352 e. The third-order valence-electron chi connectivity index (χ3n) is 4.62. The van der Waals surface area contributed by atoms with Gasteiger partial charge in [0.15, 0.2) is 0 Å².